The van der Waals surface area contributed by atoms with E-state index in [0.29, 0.717) is 12.1 Å². The van der Waals surface area contributed by atoms with Gasteiger partial charge in [0.1, 0.15) is 0 Å². The Kier molecular flexibility index (Phi) is 2.84. The monoisotopic (exact) mass is 312 g/mol. The molecule has 3 rings (SSSR count). The number of H-pyrrole nitrogens is 1. The minimum atomic E-state index is 0.388. The van der Waals surface area contributed by atoms with Crippen LogP contribution in [0.5, 0.6) is 0 Å². The van der Waals surface area contributed by atoms with E-state index in [4.69, 9.17) is 17.0 Å². The number of ether oxygens (including phenoxy) is 1. The summed E-state index contributed by atoms with van der Waals surface area (Å²) in [6.45, 7) is 0. The summed E-state index contributed by atoms with van der Waals surface area (Å²) in [4.78, 5) is 3.25. The molecule has 0 aliphatic heterocycles. The minimum absolute atomic E-state index is 0.388. The number of fused-ring (bicyclic) bond motifs is 1. The number of nitrogens with one attached hydrogen (secondary N) is 1. The molecule has 17 heavy (non-hydrogen) atoms. The fourth-order valence-electron chi connectivity index (χ4n) is 2.40. The van der Waals surface area contributed by atoms with Gasteiger partial charge in [-0.15, -0.1) is 0 Å². The zero-order valence-electron chi connectivity index (χ0n) is 9.44. The van der Waals surface area contributed by atoms with Gasteiger partial charge < -0.3 is 14.3 Å². The van der Waals surface area contributed by atoms with Crippen molar-refractivity contribution >= 4 is 39.2 Å². The molecule has 1 N–H and O–H groups in total. The molecule has 0 amide bonds. The predicted molar refractivity (Wildman–Crippen MR) is 73.9 cm³/mol. The van der Waals surface area contributed by atoms with Gasteiger partial charge in [0.25, 0.3) is 0 Å². The van der Waals surface area contributed by atoms with E-state index in [1.807, 2.05) is 6.07 Å². The number of aromatic amines is 1. The first-order valence-corrected chi connectivity index (χ1v) is 6.81. The molecule has 2 aromatic rings. The zero-order valence-corrected chi connectivity index (χ0v) is 11.8. The summed E-state index contributed by atoms with van der Waals surface area (Å²) in [5, 5.41) is 0. The van der Waals surface area contributed by atoms with Gasteiger partial charge in [-0.05, 0) is 43.3 Å². The van der Waals surface area contributed by atoms with Crippen LogP contribution in [-0.4, -0.2) is 22.8 Å². The van der Waals surface area contributed by atoms with Crippen LogP contribution < -0.4 is 0 Å². The number of aromatic nitrogens is 2. The lowest BCUT2D eigenvalue weighted by atomic mass is 9.89. The lowest BCUT2D eigenvalue weighted by Crippen LogP contribution is -2.32. The molecule has 0 unspecified atom stereocenters. The van der Waals surface area contributed by atoms with Crippen molar-refractivity contribution in [2.24, 2.45) is 0 Å². The minimum Gasteiger partial charge on any atom is -0.381 e. The topological polar surface area (TPSA) is 29.9 Å². The Morgan fingerprint density at radius 1 is 1.47 bits per heavy atom. The average molecular weight is 313 g/mol. The number of rotatable bonds is 2. The summed E-state index contributed by atoms with van der Waals surface area (Å²) < 4.78 is 9.42. The van der Waals surface area contributed by atoms with E-state index in [1.54, 1.807) is 7.11 Å². The Morgan fingerprint density at radius 3 is 2.94 bits per heavy atom. The molecule has 0 saturated heterocycles. The number of hydrogen-bond donors (Lipinski definition) is 1. The van der Waals surface area contributed by atoms with Gasteiger partial charge in [-0.25, -0.2) is 0 Å². The van der Waals surface area contributed by atoms with Gasteiger partial charge in [0.2, 0.25) is 0 Å². The lowest BCUT2D eigenvalue weighted by Gasteiger charge is -2.35. The van der Waals surface area contributed by atoms with Crippen molar-refractivity contribution < 1.29 is 4.74 Å². The Bertz CT molecular complexity index is 612. The number of halogens is 1. The van der Waals surface area contributed by atoms with Crippen LogP contribution in [0.2, 0.25) is 0 Å². The summed E-state index contributed by atoms with van der Waals surface area (Å²) in [7, 11) is 1.77. The third kappa shape index (κ3) is 1.86. The highest BCUT2D eigenvalue weighted by molar-refractivity contribution is 9.10. The molecule has 3 nitrogen and oxygen atoms in total. The Labute approximate surface area is 113 Å². The van der Waals surface area contributed by atoms with Gasteiger partial charge >= 0.3 is 0 Å². The highest BCUT2D eigenvalue weighted by Crippen LogP contribution is 2.37. The number of benzene rings is 1. The van der Waals surface area contributed by atoms with E-state index in [2.05, 4.69) is 37.6 Å². The first kappa shape index (κ1) is 11.4. The third-order valence-electron chi connectivity index (χ3n) is 3.45. The maximum atomic E-state index is 5.40. The van der Waals surface area contributed by atoms with Crippen molar-refractivity contribution in [2.75, 3.05) is 7.11 Å². The van der Waals surface area contributed by atoms with Gasteiger partial charge in [0.05, 0.1) is 17.1 Å². The standard InChI is InChI=1S/C12H13BrN2OS/c1-16-9-5-8(6-9)15-11-4-7(13)2-3-10(11)14-12(15)17/h2-4,8-9H,5-6H2,1H3,(H,14,17). The van der Waals surface area contributed by atoms with Crippen molar-refractivity contribution in [3.63, 3.8) is 0 Å². The molecule has 1 aliphatic carbocycles. The first-order valence-electron chi connectivity index (χ1n) is 5.61. The second-order valence-electron chi connectivity index (χ2n) is 4.44. The molecule has 0 radical (unpaired) electrons. The fraction of sp³-hybridized carbons (Fsp3) is 0.417. The zero-order chi connectivity index (χ0) is 12.0. The molecule has 90 valence electrons. The maximum absolute atomic E-state index is 5.40. The van der Waals surface area contributed by atoms with Gasteiger partial charge in [-0.2, -0.15) is 0 Å². The van der Waals surface area contributed by atoms with E-state index in [-0.39, 0.29) is 0 Å². The van der Waals surface area contributed by atoms with E-state index in [1.165, 1.54) is 5.52 Å². The average Bonchev–Trinajstić information content (AvgIpc) is 2.54. The quantitative estimate of drug-likeness (QED) is 0.855. The number of nitrogens with zero attached hydrogens (tertiary/aromatic N) is 1. The first-order chi connectivity index (χ1) is 8.19. The molecule has 1 fully saturated rings. The Balaban J connectivity index is 2.07. The molecule has 1 heterocycles. The molecule has 5 heteroatoms. The SMILES string of the molecule is COC1CC(n2c(=S)[nH]c3ccc(Br)cc32)C1. The number of hydrogen-bond acceptors (Lipinski definition) is 2. The second kappa shape index (κ2) is 4.23. The molecule has 0 spiro atoms. The van der Waals surface area contributed by atoms with Crippen molar-refractivity contribution in [1.29, 1.82) is 0 Å². The van der Waals surface area contributed by atoms with Crippen LogP contribution in [0, 0.1) is 4.77 Å². The van der Waals surface area contributed by atoms with Crippen LogP contribution in [0.15, 0.2) is 22.7 Å². The third-order valence-corrected chi connectivity index (χ3v) is 4.24. The smallest absolute Gasteiger partial charge is 0.178 e. The Hall–Kier alpha value is -0.650. The van der Waals surface area contributed by atoms with E-state index in [9.17, 15) is 0 Å². The molecule has 1 aliphatic rings. The summed E-state index contributed by atoms with van der Waals surface area (Å²) in [5.41, 5.74) is 2.27. The molecule has 1 aromatic heterocycles. The molecule has 1 saturated carbocycles. The maximum Gasteiger partial charge on any atom is 0.178 e. The number of imidazole rings is 1. The number of methoxy groups -OCH3 is 1. The van der Waals surface area contributed by atoms with Gasteiger partial charge in [-0.1, -0.05) is 15.9 Å². The van der Waals surface area contributed by atoms with Gasteiger partial charge in [0, 0.05) is 17.6 Å². The van der Waals surface area contributed by atoms with Crippen LogP contribution >= 0.6 is 28.1 Å². The summed E-state index contributed by atoms with van der Waals surface area (Å²) >= 11 is 8.90. The molecule has 0 bridgehead atoms. The van der Waals surface area contributed by atoms with Crippen molar-refractivity contribution in [3.8, 4) is 0 Å². The van der Waals surface area contributed by atoms with Crippen LogP contribution in [0.1, 0.15) is 18.9 Å². The molecule has 0 atom stereocenters. The van der Waals surface area contributed by atoms with Crippen LogP contribution in [-0.2, 0) is 4.74 Å². The van der Waals surface area contributed by atoms with Gasteiger partial charge in [0.15, 0.2) is 4.77 Å². The van der Waals surface area contributed by atoms with E-state index >= 15 is 0 Å². The highest BCUT2D eigenvalue weighted by Gasteiger charge is 2.31. The normalized spacial score (nSPS) is 23.9. The Morgan fingerprint density at radius 2 is 2.24 bits per heavy atom. The fourth-order valence-corrected chi connectivity index (χ4v) is 3.10. The predicted octanol–water partition coefficient (Wildman–Crippen LogP) is 3.81. The molecule has 1 aromatic carbocycles. The second-order valence-corrected chi connectivity index (χ2v) is 5.75. The largest absolute Gasteiger partial charge is 0.381 e. The van der Waals surface area contributed by atoms with Crippen LogP contribution in [0.4, 0.5) is 0 Å². The summed E-state index contributed by atoms with van der Waals surface area (Å²) in [6, 6.07) is 6.66. The highest BCUT2D eigenvalue weighted by atomic mass is 79.9. The summed E-state index contributed by atoms with van der Waals surface area (Å²) in [5.74, 6) is 0. The van der Waals surface area contributed by atoms with Crippen LogP contribution in [0.25, 0.3) is 11.0 Å². The summed E-state index contributed by atoms with van der Waals surface area (Å²) in [6.07, 6.45) is 2.48. The van der Waals surface area contributed by atoms with E-state index in [0.717, 1.165) is 27.6 Å². The van der Waals surface area contributed by atoms with E-state index < -0.39 is 0 Å². The molecular weight excluding hydrogens is 300 g/mol. The van der Waals surface area contributed by atoms with Gasteiger partial charge in [-0.3, -0.25) is 0 Å². The van der Waals surface area contributed by atoms with Crippen LogP contribution in [0.3, 0.4) is 0 Å². The van der Waals surface area contributed by atoms with Crippen molar-refractivity contribution in [2.45, 2.75) is 25.0 Å². The van der Waals surface area contributed by atoms with Crippen molar-refractivity contribution in [1.82, 2.24) is 9.55 Å². The van der Waals surface area contributed by atoms with Crippen molar-refractivity contribution in [3.05, 3.63) is 27.4 Å². The molecular formula is C12H13BrN2OS. The lowest BCUT2D eigenvalue weighted by molar-refractivity contribution is 0.00698.